The van der Waals surface area contributed by atoms with Gasteiger partial charge in [-0.05, 0) is 24.6 Å². The maximum atomic E-state index is 5.87. The minimum Gasteiger partial charge on any atom is -0.208 e. The molecule has 2 aromatic heterocycles. The first kappa shape index (κ1) is 9.81. The third kappa shape index (κ3) is 1.42. The SMILES string of the molecule is Cc1c(-c2ccc(Cl)cc2)sc2ncnn12. The molecule has 0 atom stereocenters. The van der Waals surface area contributed by atoms with Crippen LogP contribution in [0.25, 0.3) is 15.4 Å². The molecule has 0 aliphatic rings. The van der Waals surface area contributed by atoms with Gasteiger partial charge in [-0.1, -0.05) is 35.1 Å². The van der Waals surface area contributed by atoms with Crippen LogP contribution in [-0.4, -0.2) is 14.6 Å². The van der Waals surface area contributed by atoms with Crippen molar-refractivity contribution in [2.45, 2.75) is 6.92 Å². The Labute approximate surface area is 101 Å². The molecule has 0 amide bonds. The summed E-state index contributed by atoms with van der Waals surface area (Å²) in [7, 11) is 0. The maximum Gasteiger partial charge on any atom is 0.212 e. The lowest BCUT2D eigenvalue weighted by atomic mass is 10.2. The lowest BCUT2D eigenvalue weighted by Gasteiger charge is -1.98. The van der Waals surface area contributed by atoms with Crippen LogP contribution >= 0.6 is 22.9 Å². The Hall–Kier alpha value is -1.39. The van der Waals surface area contributed by atoms with Gasteiger partial charge in [-0.15, -0.1) is 0 Å². The molecule has 3 aromatic rings. The van der Waals surface area contributed by atoms with Crippen LogP contribution in [0, 0.1) is 6.92 Å². The van der Waals surface area contributed by atoms with E-state index in [4.69, 9.17) is 11.6 Å². The van der Waals surface area contributed by atoms with Gasteiger partial charge < -0.3 is 0 Å². The topological polar surface area (TPSA) is 30.2 Å². The highest BCUT2D eigenvalue weighted by Crippen LogP contribution is 2.31. The van der Waals surface area contributed by atoms with E-state index in [1.807, 2.05) is 35.7 Å². The highest BCUT2D eigenvalue weighted by atomic mass is 35.5. The zero-order chi connectivity index (χ0) is 11.1. The number of nitrogens with zero attached hydrogens (tertiary/aromatic N) is 3. The Morgan fingerprint density at radius 1 is 1.25 bits per heavy atom. The van der Waals surface area contributed by atoms with Crippen LogP contribution in [0.3, 0.4) is 0 Å². The van der Waals surface area contributed by atoms with Gasteiger partial charge in [0, 0.05) is 5.02 Å². The van der Waals surface area contributed by atoms with Crippen LogP contribution in [-0.2, 0) is 0 Å². The Bertz CT molecular complexity index is 639. The zero-order valence-corrected chi connectivity index (χ0v) is 10.1. The summed E-state index contributed by atoms with van der Waals surface area (Å²) >= 11 is 7.51. The molecule has 0 spiro atoms. The van der Waals surface area contributed by atoms with Crippen LogP contribution in [0.5, 0.6) is 0 Å². The third-order valence-corrected chi connectivity index (χ3v) is 3.91. The van der Waals surface area contributed by atoms with Crippen LogP contribution in [0.2, 0.25) is 5.02 Å². The van der Waals surface area contributed by atoms with Crippen molar-refractivity contribution in [2.75, 3.05) is 0 Å². The molecule has 0 aliphatic carbocycles. The van der Waals surface area contributed by atoms with Crippen LogP contribution in [0.1, 0.15) is 5.69 Å². The Morgan fingerprint density at radius 3 is 2.69 bits per heavy atom. The molecule has 5 heteroatoms. The predicted octanol–water partition coefficient (Wildman–Crippen LogP) is 3.42. The van der Waals surface area contributed by atoms with Crippen molar-refractivity contribution < 1.29 is 0 Å². The molecule has 3 nitrogen and oxygen atoms in total. The normalized spacial score (nSPS) is 11.1. The van der Waals surface area contributed by atoms with Crippen molar-refractivity contribution in [1.29, 1.82) is 0 Å². The van der Waals surface area contributed by atoms with Crippen molar-refractivity contribution in [1.82, 2.24) is 14.6 Å². The molecule has 80 valence electrons. The summed E-state index contributed by atoms with van der Waals surface area (Å²) in [6, 6.07) is 7.82. The molecule has 16 heavy (non-hydrogen) atoms. The van der Waals surface area contributed by atoms with E-state index in [1.54, 1.807) is 17.7 Å². The second-order valence-corrected chi connectivity index (χ2v) is 4.89. The largest absolute Gasteiger partial charge is 0.212 e. The van der Waals surface area contributed by atoms with Crippen LogP contribution < -0.4 is 0 Å². The molecule has 0 unspecified atom stereocenters. The van der Waals surface area contributed by atoms with Crippen molar-refractivity contribution in [2.24, 2.45) is 0 Å². The summed E-state index contributed by atoms with van der Waals surface area (Å²) in [6.07, 6.45) is 1.57. The fraction of sp³-hybridized carbons (Fsp3) is 0.0909. The summed E-state index contributed by atoms with van der Waals surface area (Å²) in [4.78, 5) is 6.29. The number of fused-ring (bicyclic) bond motifs is 1. The average molecular weight is 250 g/mol. The molecule has 0 fully saturated rings. The molecule has 0 saturated carbocycles. The number of benzene rings is 1. The van der Waals surface area contributed by atoms with Gasteiger partial charge >= 0.3 is 0 Å². The number of halogens is 1. The van der Waals surface area contributed by atoms with Gasteiger partial charge in [0.25, 0.3) is 0 Å². The number of aromatic nitrogens is 3. The second kappa shape index (κ2) is 3.57. The second-order valence-electron chi connectivity index (χ2n) is 3.48. The quantitative estimate of drug-likeness (QED) is 0.662. The number of aryl methyl sites for hydroxylation is 1. The molecule has 1 aromatic carbocycles. The van der Waals surface area contributed by atoms with Gasteiger partial charge in [-0.25, -0.2) is 9.50 Å². The van der Waals surface area contributed by atoms with E-state index in [1.165, 1.54) is 4.88 Å². The monoisotopic (exact) mass is 249 g/mol. The molecule has 0 saturated heterocycles. The summed E-state index contributed by atoms with van der Waals surface area (Å²) < 4.78 is 1.86. The molecule has 2 heterocycles. The Balaban J connectivity index is 2.21. The van der Waals surface area contributed by atoms with E-state index in [0.717, 1.165) is 21.2 Å². The molecular weight excluding hydrogens is 242 g/mol. The average Bonchev–Trinajstić information content (AvgIpc) is 2.84. The molecule has 0 N–H and O–H groups in total. The molecule has 0 bridgehead atoms. The van der Waals surface area contributed by atoms with E-state index in [-0.39, 0.29) is 0 Å². The van der Waals surface area contributed by atoms with E-state index in [2.05, 4.69) is 10.1 Å². The summed E-state index contributed by atoms with van der Waals surface area (Å²) in [5.41, 5.74) is 2.26. The molecule has 3 rings (SSSR count). The van der Waals surface area contributed by atoms with E-state index in [9.17, 15) is 0 Å². The van der Waals surface area contributed by atoms with Crippen molar-refractivity contribution in [3.63, 3.8) is 0 Å². The van der Waals surface area contributed by atoms with Crippen molar-refractivity contribution >= 4 is 27.9 Å². The predicted molar refractivity (Wildman–Crippen MR) is 66.0 cm³/mol. The summed E-state index contributed by atoms with van der Waals surface area (Å²) in [5.74, 6) is 0. The molecular formula is C11H8ClN3S. The smallest absolute Gasteiger partial charge is 0.208 e. The van der Waals surface area contributed by atoms with E-state index >= 15 is 0 Å². The number of hydrogen-bond acceptors (Lipinski definition) is 3. The third-order valence-electron chi connectivity index (χ3n) is 2.46. The first-order valence-corrected chi connectivity index (χ1v) is 6.00. The first-order chi connectivity index (χ1) is 7.75. The van der Waals surface area contributed by atoms with Crippen LogP contribution in [0.4, 0.5) is 0 Å². The zero-order valence-electron chi connectivity index (χ0n) is 8.51. The van der Waals surface area contributed by atoms with Gasteiger partial charge in [-0.2, -0.15) is 5.10 Å². The van der Waals surface area contributed by atoms with Gasteiger partial charge in [0.1, 0.15) is 6.33 Å². The van der Waals surface area contributed by atoms with Crippen LogP contribution in [0.15, 0.2) is 30.6 Å². The number of rotatable bonds is 1. The fourth-order valence-corrected chi connectivity index (χ4v) is 2.83. The Morgan fingerprint density at radius 2 is 2.00 bits per heavy atom. The fourth-order valence-electron chi connectivity index (χ4n) is 1.66. The van der Waals surface area contributed by atoms with E-state index in [0.29, 0.717) is 0 Å². The summed E-state index contributed by atoms with van der Waals surface area (Å²) in [6.45, 7) is 2.04. The van der Waals surface area contributed by atoms with Crippen molar-refractivity contribution in [3.05, 3.63) is 41.3 Å². The first-order valence-electron chi connectivity index (χ1n) is 4.81. The number of thiazole rings is 1. The summed E-state index contributed by atoms with van der Waals surface area (Å²) in [5, 5.41) is 4.92. The minimum atomic E-state index is 0.751. The lowest BCUT2D eigenvalue weighted by molar-refractivity contribution is 0.933. The van der Waals surface area contributed by atoms with Gasteiger partial charge in [0.05, 0.1) is 10.6 Å². The minimum absolute atomic E-state index is 0.751. The Kier molecular flexibility index (Phi) is 2.19. The molecule has 0 radical (unpaired) electrons. The lowest BCUT2D eigenvalue weighted by Crippen LogP contribution is -1.87. The van der Waals surface area contributed by atoms with E-state index < -0.39 is 0 Å². The van der Waals surface area contributed by atoms with Gasteiger partial charge in [0.2, 0.25) is 4.96 Å². The highest BCUT2D eigenvalue weighted by molar-refractivity contribution is 7.20. The number of hydrogen-bond donors (Lipinski definition) is 0. The van der Waals surface area contributed by atoms with Gasteiger partial charge in [0.15, 0.2) is 0 Å². The maximum absolute atomic E-state index is 5.87. The van der Waals surface area contributed by atoms with Crippen molar-refractivity contribution in [3.8, 4) is 10.4 Å². The van der Waals surface area contributed by atoms with Gasteiger partial charge in [-0.3, -0.25) is 0 Å². The highest BCUT2D eigenvalue weighted by Gasteiger charge is 2.11. The molecule has 0 aliphatic heterocycles. The standard InChI is InChI=1S/C11H8ClN3S/c1-7-10(8-2-4-9(12)5-3-8)16-11-13-6-14-15(7)11/h2-6H,1H3.